The molecule has 1 aromatic carbocycles. The number of rotatable bonds is 8. The van der Waals surface area contributed by atoms with Gasteiger partial charge in [0, 0.05) is 17.0 Å². The molecule has 0 bridgehead atoms. The number of aromatic nitrogens is 1. The Bertz CT molecular complexity index is 986. The Morgan fingerprint density at radius 1 is 1.37 bits per heavy atom. The number of nitrogens with zero attached hydrogens (tertiary/aromatic N) is 2. The van der Waals surface area contributed by atoms with Crippen LogP contribution in [-0.2, 0) is 14.6 Å². The fourth-order valence-electron chi connectivity index (χ4n) is 3.52. The van der Waals surface area contributed by atoms with Crippen LogP contribution in [0.2, 0.25) is 0 Å². The topological polar surface area (TPSA) is 88.6 Å². The lowest BCUT2D eigenvalue weighted by atomic mass is 10.1. The van der Waals surface area contributed by atoms with Crippen LogP contribution in [0.1, 0.15) is 26.2 Å². The number of methoxy groups -OCH3 is 1. The SMILES string of the molecule is CCCS(=O)(=O)C1CCN(CC(=O)Nc2nc(-c3ccc(OC)cc3F)cs2)CC1. The third-order valence-electron chi connectivity index (χ3n) is 5.10. The van der Waals surface area contributed by atoms with Crippen LogP contribution in [0, 0.1) is 5.82 Å². The minimum Gasteiger partial charge on any atom is -0.497 e. The van der Waals surface area contributed by atoms with Crippen molar-refractivity contribution in [1.29, 1.82) is 0 Å². The number of nitrogens with one attached hydrogen (secondary N) is 1. The first-order chi connectivity index (χ1) is 14.3. The second-order valence-electron chi connectivity index (χ2n) is 7.27. The second-order valence-corrected chi connectivity index (χ2v) is 10.5. The molecule has 1 aliphatic heterocycles. The van der Waals surface area contributed by atoms with Gasteiger partial charge in [-0.1, -0.05) is 6.92 Å². The van der Waals surface area contributed by atoms with Crippen molar-refractivity contribution in [3.05, 3.63) is 29.4 Å². The third kappa shape index (κ3) is 5.55. The molecule has 0 saturated carbocycles. The van der Waals surface area contributed by atoms with Gasteiger partial charge < -0.3 is 10.1 Å². The van der Waals surface area contributed by atoms with Gasteiger partial charge in [-0.05, 0) is 44.5 Å². The van der Waals surface area contributed by atoms with E-state index in [4.69, 9.17) is 4.74 Å². The summed E-state index contributed by atoms with van der Waals surface area (Å²) in [6, 6.07) is 4.53. The largest absolute Gasteiger partial charge is 0.497 e. The van der Waals surface area contributed by atoms with Gasteiger partial charge in [-0.2, -0.15) is 0 Å². The lowest BCUT2D eigenvalue weighted by Crippen LogP contribution is -2.43. The maximum absolute atomic E-state index is 14.2. The number of piperidine rings is 1. The van der Waals surface area contributed by atoms with Gasteiger partial charge in [-0.25, -0.2) is 17.8 Å². The number of carbonyl (C=O) groups is 1. The molecule has 0 spiro atoms. The van der Waals surface area contributed by atoms with Gasteiger partial charge in [-0.3, -0.25) is 9.69 Å². The summed E-state index contributed by atoms with van der Waals surface area (Å²) in [6.45, 7) is 3.18. The van der Waals surface area contributed by atoms with Crippen LogP contribution in [0.3, 0.4) is 0 Å². The van der Waals surface area contributed by atoms with Crippen LogP contribution < -0.4 is 10.1 Å². The van der Waals surface area contributed by atoms with Crippen molar-refractivity contribution in [3.63, 3.8) is 0 Å². The zero-order valence-corrected chi connectivity index (χ0v) is 18.7. The minimum absolute atomic E-state index is 0.173. The number of anilines is 1. The molecule has 1 aliphatic rings. The van der Waals surface area contributed by atoms with E-state index in [0.717, 1.165) is 0 Å². The Labute approximate surface area is 180 Å². The Balaban J connectivity index is 1.53. The average Bonchev–Trinajstić information content (AvgIpc) is 3.16. The standard InChI is InChI=1S/C20H26FN3O4S2/c1-3-10-30(26,27)15-6-8-24(9-7-15)12-19(25)23-20-22-18(13-29-20)16-5-4-14(28-2)11-17(16)21/h4-5,11,13,15H,3,6-10,12H2,1-2H3,(H,22,23,25). The summed E-state index contributed by atoms with van der Waals surface area (Å²) >= 11 is 1.22. The molecule has 7 nitrogen and oxygen atoms in total. The molecule has 0 radical (unpaired) electrons. The lowest BCUT2D eigenvalue weighted by Gasteiger charge is -2.31. The smallest absolute Gasteiger partial charge is 0.240 e. The number of hydrogen-bond donors (Lipinski definition) is 1. The zero-order chi connectivity index (χ0) is 21.7. The van der Waals surface area contributed by atoms with E-state index in [9.17, 15) is 17.6 Å². The molecule has 1 aromatic heterocycles. The van der Waals surface area contributed by atoms with Gasteiger partial charge in [0.2, 0.25) is 5.91 Å². The molecule has 1 N–H and O–H groups in total. The van der Waals surface area contributed by atoms with Crippen molar-refractivity contribution in [2.45, 2.75) is 31.4 Å². The molecule has 2 aromatic rings. The predicted molar refractivity (Wildman–Crippen MR) is 116 cm³/mol. The Morgan fingerprint density at radius 2 is 2.10 bits per heavy atom. The van der Waals surface area contributed by atoms with Crippen molar-refractivity contribution in [2.75, 3.05) is 37.8 Å². The molecule has 0 atom stereocenters. The Morgan fingerprint density at radius 3 is 2.73 bits per heavy atom. The first-order valence-corrected chi connectivity index (χ1v) is 12.4. The van der Waals surface area contributed by atoms with Crippen LogP contribution in [-0.4, -0.2) is 62.0 Å². The van der Waals surface area contributed by atoms with Gasteiger partial charge in [-0.15, -0.1) is 11.3 Å². The summed E-state index contributed by atoms with van der Waals surface area (Å²) in [5.41, 5.74) is 0.778. The van der Waals surface area contributed by atoms with Gasteiger partial charge in [0.25, 0.3) is 0 Å². The monoisotopic (exact) mass is 455 g/mol. The molecule has 0 unspecified atom stereocenters. The van der Waals surface area contributed by atoms with Crippen LogP contribution in [0.4, 0.5) is 9.52 Å². The quantitative estimate of drug-likeness (QED) is 0.658. The van der Waals surface area contributed by atoms with Gasteiger partial charge in [0.1, 0.15) is 11.6 Å². The summed E-state index contributed by atoms with van der Waals surface area (Å²) in [6.07, 6.45) is 1.72. The highest BCUT2D eigenvalue weighted by Crippen LogP contribution is 2.29. The van der Waals surface area contributed by atoms with Gasteiger partial charge in [0.05, 0.1) is 30.4 Å². The van der Waals surface area contributed by atoms with Crippen LogP contribution in [0.5, 0.6) is 5.75 Å². The third-order valence-corrected chi connectivity index (χ3v) is 8.32. The van der Waals surface area contributed by atoms with E-state index in [0.29, 0.717) is 54.5 Å². The number of sulfone groups is 1. The summed E-state index contributed by atoms with van der Waals surface area (Å²) in [5.74, 6) is -0.0232. The zero-order valence-electron chi connectivity index (χ0n) is 17.1. The fraction of sp³-hybridized carbons (Fsp3) is 0.500. The molecule has 30 heavy (non-hydrogen) atoms. The molecular weight excluding hydrogens is 429 g/mol. The number of ether oxygens (including phenoxy) is 1. The number of halogens is 1. The number of amides is 1. The van der Waals surface area contributed by atoms with Crippen molar-refractivity contribution >= 4 is 32.2 Å². The van der Waals surface area contributed by atoms with Crippen LogP contribution in [0.15, 0.2) is 23.6 Å². The molecule has 164 valence electrons. The molecular formula is C20H26FN3O4S2. The van der Waals surface area contributed by atoms with E-state index in [1.54, 1.807) is 17.5 Å². The van der Waals surface area contributed by atoms with Crippen LogP contribution in [0.25, 0.3) is 11.3 Å². The van der Waals surface area contributed by atoms with Crippen LogP contribution >= 0.6 is 11.3 Å². The van der Waals surface area contributed by atoms with E-state index in [-0.39, 0.29) is 23.5 Å². The maximum Gasteiger partial charge on any atom is 0.240 e. The molecule has 1 fully saturated rings. The molecule has 10 heteroatoms. The minimum atomic E-state index is -3.04. The normalized spacial score (nSPS) is 15.8. The van der Waals surface area contributed by atoms with E-state index in [1.807, 2.05) is 11.8 Å². The summed E-state index contributed by atoms with van der Waals surface area (Å²) in [4.78, 5) is 18.6. The average molecular weight is 456 g/mol. The van der Waals surface area contributed by atoms with Crippen molar-refractivity contribution < 1.29 is 22.3 Å². The highest BCUT2D eigenvalue weighted by Gasteiger charge is 2.29. The van der Waals surface area contributed by atoms with Crippen molar-refractivity contribution in [1.82, 2.24) is 9.88 Å². The van der Waals surface area contributed by atoms with Crippen molar-refractivity contribution in [2.24, 2.45) is 0 Å². The van der Waals surface area contributed by atoms with Gasteiger partial charge >= 0.3 is 0 Å². The van der Waals surface area contributed by atoms with E-state index >= 15 is 0 Å². The highest BCUT2D eigenvalue weighted by atomic mass is 32.2. The van der Waals surface area contributed by atoms with E-state index in [1.165, 1.54) is 24.5 Å². The molecule has 2 heterocycles. The predicted octanol–water partition coefficient (Wildman–Crippen LogP) is 3.19. The summed E-state index contributed by atoms with van der Waals surface area (Å²) < 4.78 is 43.6. The number of hydrogen-bond acceptors (Lipinski definition) is 7. The Hall–Kier alpha value is -2.04. The maximum atomic E-state index is 14.2. The highest BCUT2D eigenvalue weighted by molar-refractivity contribution is 7.92. The Kier molecular flexibility index (Phi) is 7.43. The van der Waals surface area contributed by atoms with Gasteiger partial charge in [0.15, 0.2) is 15.0 Å². The number of thiazole rings is 1. The number of benzene rings is 1. The molecule has 0 aliphatic carbocycles. The first-order valence-electron chi connectivity index (χ1n) is 9.85. The number of likely N-dealkylation sites (tertiary alicyclic amines) is 1. The second kappa shape index (κ2) is 9.84. The van der Waals surface area contributed by atoms with E-state index < -0.39 is 15.7 Å². The summed E-state index contributed by atoms with van der Waals surface area (Å²) in [5, 5.41) is 4.52. The van der Waals surface area contributed by atoms with E-state index in [2.05, 4.69) is 10.3 Å². The molecule has 1 amide bonds. The lowest BCUT2D eigenvalue weighted by molar-refractivity contribution is -0.117. The fourth-order valence-corrected chi connectivity index (χ4v) is 6.08. The summed E-state index contributed by atoms with van der Waals surface area (Å²) in [7, 11) is -1.57. The molecule has 3 rings (SSSR count). The van der Waals surface area contributed by atoms with Crippen molar-refractivity contribution in [3.8, 4) is 17.0 Å². The molecule has 1 saturated heterocycles. The number of carbonyl (C=O) groups excluding carboxylic acids is 1. The first kappa shape index (κ1) is 22.6.